The minimum absolute atomic E-state index is 0.427. The highest BCUT2D eigenvalue weighted by molar-refractivity contribution is 14.1. The third-order valence-corrected chi connectivity index (χ3v) is 6.34. The lowest BCUT2D eigenvalue weighted by Gasteiger charge is -2.30. The monoisotopic (exact) mass is 405 g/mol. The van der Waals surface area contributed by atoms with E-state index in [0.29, 0.717) is 11.5 Å². The Balaban J connectivity index is 1.88. The van der Waals surface area contributed by atoms with Crippen molar-refractivity contribution >= 4 is 33.9 Å². The number of hydrogen-bond acceptors (Lipinski definition) is 2. The van der Waals surface area contributed by atoms with Crippen molar-refractivity contribution in [1.82, 2.24) is 5.32 Å². The van der Waals surface area contributed by atoms with Gasteiger partial charge in [-0.3, -0.25) is 0 Å². The second kappa shape index (κ2) is 7.59. The molecule has 20 heavy (non-hydrogen) atoms. The summed E-state index contributed by atoms with van der Waals surface area (Å²) in [4.78, 5) is 1.63. The highest BCUT2D eigenvalue weighted by Gasteiger charge is 2.25. The lowest BCUT2D eigenvalue weighted by Crippen LogP contribution is -2.33. The van der Waals surface area contributed by atoms with Gasteiger partial charge < -0.3 is 5.32 Å². The zero-order chi connectivity index (χ0) is 14.6. The average molecular weight is 405 g/mol. The SMILES string of the molecule is CCCCCC(C)(C)CNC1CCCc2sc(I)cc21. The Hall–Kier alpha value is 0.390. The molecule has 0 spiro atoms. The first-order valence-electron chi connectivity index (χ1n) is 8.03. The van der Waals surface area contributed by atoms with Crippen molar-refractivity contribution in [3.63, 3.8) is 0 Å². The molecule has 2 rings (SSSR count). The van der Waals surface area contributed by atoms with Gasteiger partial charge in [0.15, 0.2) is 0 Å². The van der Waals surface area contributed by atoms with Crippen LogP contribution >= 0.6 is 33.9 Å². The fourth-order valence-electron chi connectivity index (χ4n) is 3.07. The normalized spacial score (nSPS) is 19.1. The molecule has 1 atom stereocenters. The van der Waals surface area contributed by atoms with E-state index in [2.05, 4.69) is 54.7 Å². The number of nitrogens with one attached hydrogen (secondary N) is 1. The van der Waals surface area contributed by atoms with Crippen molar-refractivity contribution in [2.24, 2.45) is 5.41 Å². The molecule has 1 nitrogen and oxygen atoms in total. The Bertz CT molecular complexity index is 425. The molecule has 1 heterocycles. The van der Waals surface area contributed by atoms with Crippen LogP contribution in [-0.2, 0) is 6.42 Å². The van der Waals surface area contributed by atoms with Gasteiger partial charge in [0.25, 0.3) is 0 Å². The van der Waals surface area contributed by atoms with E-state index < -0.39 is 0 Å². The minimum Gasteiger partial charge on any atom is -0.309 e. The Morgan fingerprint density at radius 3 is 2.95 bits per heavy atom. The summed E-state index contributed by atoms with van der Waals surface area (Å²) < 4.78 is 1.45. The second-order valence-electron chi connectivity index (χ2n) is 6.88. The van der Waals surface area contributed by atoms with E-state index in [1.165, 1.54) is 47.8 Å². The quantitative estimate of drug-likeness (QED) is 0.438. The van der Waals surface area contributed by atoms with Crippen LogP contribution in [0.15, 0.2) is 6.07 Å². The van der Waals surface area contributed by atoms with Crippen molar-refractivity contribution in [3.8, 4) is 0 Å². The number of hydrogen-bond donors (Lipinski definition) is 1. The summed E-state index contributed by atoms with van der Waals surface area (Å²) in [6.07, 6.45) is 9.36. The maximum atomic E-state index is 3.86. The van der Waals surface area contributed by atoms with E-state index >= 15 is 0 Å². The number of unbranched alkanes of at least 4 members (excludes halogenated alkanes) is 2. The predicted molar refractivity (Wildman–Crippen MR) is 98.6 cm³/mol. The molecular formula is C17H28INS. The summed E-state index contributed by atoms with van der Waals surface area (Å²) in [7, 11) is 0. The van der Waals surface area contributed by atoms with Gasteiger partial charge in [-0.2, -0.15) is 0 Å². The number of fused-ring (bicyclic) bond motifs is 1. The summed E-state index contributed by atoms with van der Waals surface area (Å²) in [6, 6.07) is 3.01. The van der Waals surface area contributed by atoms with E-state index in [-0.39, 0.29) is 0 Å². The Morgan fingerprint density at radius 2 is 2.20 bits per heavy atom. The molecule has 0 aromatic carbocycles. The van der Waals surface area contributed by atoms with Crippen molar-refractivity contribution in [1.29, 1.82) is 0 Å². The first-order chi connectivity index (χ1) is 9.52. The molecular weight excluding hydrogens is 377 g/mol. The summed E-state index contributed by atoms with van der Waals surface area (Å²) in [6.45, 7) is 8.26. The first kappa shape index (κ1) is 16.8. The molecule has 1 N–H and O–H groups in total. The number of aryl methyl sites for hydroxylation is 1. The number of halogens is 1. The maximum Gasteiger partial charge on any atom is 0.0659 e. The summed E-state index contributed by atoms with van der Waals surface area (Å²) in [5.41, 5.74) is 2.02. The molecule has 0 fully saturated rings. The fourth-order valence-corrected chi connectivity index (χ4v) is 5.19. The highest BCUT2D eigenvalue weighted by Crippen LogP contribution is 2.37. The van der Waals surface area contributed by atoms with Gasteiger partial charge in [-0.25, -0.2) is 0 Å². The van der Waals surface area contributed by atoms with E-state index in [1.54, 1.807) is 10.4 Å². The number of thiophene rings is 1. The summed E-state index contributed by atoms with van der Waals surface area (Å²) in [5.74, 6) is 0. The molecule has 114 valence electrons. The van der Waals surface area contributed by atoms with Gasteiger partial charge in [-0.05, 0) is 65.3 Å². The van der Waals surface area contributed by atoms with Crippen LogP contribution in [0, 0.1) is 8.30 Å². The Labute approximate surface area is 142 Å². The van der Waals surface area contributed by atoms with Crippen LogP contribution in [-0.4, -0.2) is 6.54 Å². The van der Waals surface area contributed by atoms with Crippen LogP contribution in [0.5, 0.6) is 0 Å². The predicted octanol–water partition coefficient (Wildman–Crippen LogP) is 5.93. The standard InChI is InChI=1S/C17H28INS/c1-4-5-6-10-17(2,3)12-19-14-8-7-9-15-13(14)11-16(18)20-15/h11,14,19H,4-10,12H2,1-3H3. The van der Waals surface area contributed by atoms with Crippen LogP contribution in [0.3, 0.4) is 0 Å². The zero-order valence-electron chi connectivity index (χ0n) is 13.1. The molecule has 1 aromatic heterocycles. The van der Waals surface area contributed by atoms with Gasteiger partial charge in [0.05, 0.1) is 2.88 Å². The smallest absolute Gasteiger partial charge is 0.0659 e. The molecule has 3 heteroatoms. The highest BCUT2D eigenvalue weighted by atomic mass is 127. The molecule has 1 aliphatic rings. The average Bonchev–Trinajstić information content (AvgIpc) is 2.77. The first-order valence-corrected chi connectivity index (χ1v) is 9.93. The van der Waals surface area contributed by atoms with Crippen molar-refractivity contribution in [2.45, 2.75) is 71.8 Å². The molecule has 0 saturated carbocycles. The molecule has 1 aliphatic carbocycles. The zero-order valence-corrected chi connectivity index (χ0v) is 16.1. The van der Waals surface area contributed by atoms with E-state index in [0.717, 1.165) is 6.54 Å². The summed E-state index contributed by atoms with van der Waals surface area (Å²) >= 11 is 4.46. The second-order valence-corrected chi connectivity index (χ2v) is 9.91. The fraction of sp³-hybridized carbons (Fsp3) is 0.765. The topological polar surface area (TPSA) is 12.0 Å². The minimum atomic E-state index is 0.427. The third kappa shape index (κ3) is 4.70. The van der Waals surface area contributed by atoms with Gasteiger partial charge in [0.1, 0.15) is 0 Å². The van der Waals surface area contributed by atoms with Gasteiger partial charge in [0.2, 0.25) is 0 Å². The number of rotatable bonds is 7. The van der Waals surface area contributed by atoms with E-state index in [9.17, 15) is 0 Å². The third-order valence-electron chi connectivity index (χ3n) is 4.37. The molecule has 0 radical (unpaired) electrons. The lowest BCUT2D eigenvalue weighted by molar-refractivity contribution is 0.280. The molecule has 0 aliphatic heterocycles. The van der Waals surface area contributed by atoms with Crippen molar-refractivity contribution in [3.05, 3.63) is 19.4 Å². The largest absolute Gasteiger partial charge is 0.309 e. The Morgan fingerprint density at radius 1 is 1.40 bits per heavy atom. The molecule has 1 aromatic rings. The molecule has 1 unspecified atom stereocenters. The van der Waals surface area contributed by atoms with Crippen molar-refractivity contribution < 1.29 is 0 Å². The van der Waals surface area contributed by atoms with Gasteiger partial charge in [-0.1, -0.05) is 40.0 Å². The van der Waals surface area contributed by atoms with Gasteiger partial charge in [-0.15, -0.1) is 11.3 Å². The van der Waals surface area contributed by atoms with E-state index in [1.807, 2.05) is 11.3 Å². The summed E-state index contributed by atoms with van der Waals surface area (Å²) in [5, 5.41) is 3.86. The molecule has 0 saturated heterocycles. The van der Waals surface area contributed by atoms with Crippen LogP contribution in [0.4, 0.5) is 0 Å². The molecule has 0 amide bonds. The van der Waals surface area contributed by atoms with Gasteiger partial charge >= 0.3 is 0 Å². The Kier molecular flexibility index (Phi) is 6.36. The van der Waals surface area contributed by atoms with E-state index in [4.69, 9.17) is 0 Å². The van der Waals surface area contributed by atoms with Crippen molar-refractivity contribution in [2.75, 3.05) is 6.54 Å². The van der Waals surface area contributed by atoms with Crippen LogP contribution in [0.2, 0.25) is 0 Å². The van der Waals surface area contributed by atoms with Crippen LogP contribution in [0.1, 0.15) is 75.8 Å². The van der Waals surface area contributed by atoms with Gasteiger partial charge in [0, 0.05) is 17.5 Å². The van der Waals surface area contributed by atoms with Crippen LogP contribution in [0.25, 0.3) is 0 Å². The maximum absolute atomic E-state index is 3.86. The molecule has 0 bridgehead atoms. The lowest BCUT2D eigenvalue weighted by atomic mass is 9.85. The van der Waals surface area contributed by atoms with Crippen LogP contribution < -0.4 is 5.32 Å².